The molecule has 0 amide bonds. The molecule has 1 aliphatic heterocycles. The van der Waals surface area contributed by atoms with Crippen molar-refractivity contribution in [3.05, 3.63) is 59.7 Å². The molecule has 244 valence electrons. The van der Waals surface area contributed by atoms with Gasteiger partial charge >= 0.3 is 5.97 Å². The van der Waals surface area contributed by atoms with Crippen molar-refractivity contribution in [2.75, 3.05) is 64.7 Å². The van der Waals surface area contributed by atoms with Crippen molar-refractivity contribution in [2.24, 2.45) is 4.99 Å². The summed E-state index contributed by atoms with van der Waals surface area (Å²) < 4.78 is 50.0. The van der Waals surface area contributed by atoms with Crippen LogP contribution in [0.2, 0.25) is 0 Å². The van der Waals surface area contributed by atoms with E-state index in [-0.39, 0.29) is 29.2 Å². The van der Waals surface area contributed by atoms with Crippen molar-refractivity contribution in [1.82, 2.24) is 4.90 Å². The molecule has 0 bridgehead atoms. The van der Waals surface area contributed by atoms with Gasteiger partial charge in [-0.2, -0.15) is 0 Å². The second-order valence-electron chi connectivity index (χ2n) is 12.0. The zero-order chi connectivity index (χ0) is 32.8. The number of anilines is 1. The zero-order valence-corrected chi connectivity index (χ0v) is 27.6. The SMILES string of the molecule is COC(=Nc1cc(C(C)(C)C)cc(NS(C)(=O)=O)c1OC)C(CC(=O)O)c1ccc(OCCN2CCOCC2)c2ccccc12. The molecule has 0 aliphatic carbocycles. The van der Waals surface area contributed by atoms with Gasteiger partial charge in [-0.3, -0.25) is 14.4 Å². The molecule has 1 heterocycles. The van der Waals surface area contributed by atoms with Gasteiger partial charge in [-0.05, 0) is 40.1 Å². The Morgan fingerprint density at radius 3 is 2.38 bits per heavy atom. The molecule has 1 saturated heterocycles. The van der Waals surface area contributed by atoms with Crippen LogP contribution in [-0.4, -0.2) is 90.2 Å². The third-order valence-corrected chi connectivity index (χ3v) is 8.20. The van der Waals surface area contributed by atoms with Crippen LogP contribution in [0.15, 0.2) is 53.5 Å². The maximum absolute atomic E-state index is 12.2. The Labute approximate surface area is 265 Å². The molecule has 0 spiro atoms. The molecule has 1 fully saturated rings. The number of nitrogens with zero attached hydrogens (tertiary/aromatic N) is 2. The normalized spacial score (nSPS) is 15.5. The number of nitrogens with one attached hydrogen (secondary N) is 1. The second kappa shape index (κ2) is 14.5. The number of carbonyl (C=O) groups is 1. The van der Waals surface area contributed by atoms with E-state index in [1.807, 2.05) is 57.2 Å². The lowest BCUT2D eigenvalue weighted by Gasteiger charge is -2.26. The Balaban J connectivity index is 1.80. The van der Waals surface area contributed by atoms with Crippen LogP contribution in [0.25, 0.3) is 10.8 Å². The molecule has 0 radical (unpaired) electrons. The number of hydrogen-bond acceptors (Lipinski definition) is 9. The van der Waals surface area contributed by atoms with Crippen molar-refractivity contribution < 1.29 is 37.3 Å². The van der Waals surface area contributed by atoms with Crippen LogP contribution in [0.5, 0.6) is 11.5 Å². The van der Waals surface area contributed by atoms with Gasteiger partial charge in [0.1, 0.15) is 18.0 Å². The van der Waals surface area contributed by atoms with Crippen LogP contribution in [-0.2, 0) is 29.7 Å². The Bertz CT molecular complexity index is 1640. The quantitative estimate of drug-likeness (QED) is 0.203. The van der Waals surface area contributed by atoms with E-state index in [0.717, 1.165) is 42.2 Å². The van der Waals surface area contributed by atoms with Crippen molar-refractivity contribution in [3.8, 4) is 11.5 Å². The van der Waals surface area contributed by atoms with Gasteiger partial charge in [-0.25, -0.2) is 13.4 Å². The van der Waals surface area contributed by atoms with Crippen molar-refractivity contribution >= 4 is 44.0 Å². The Kier molecular flexibility index (Phi) is 10.9. The fourth-order valence-electron chi connectivity index (χ4n) is 5.34. The summed E-state index contributed by atoms with van der Waals surface area (Å²) in [6, 6.07) is 14.9. The molecule has 3 aromatic carbocycles. The predicted octanol–water partition coefficient (Wildman–Crippen LogP) is 5.16. The smallest absolute Gasteiger partial charge is 0.304 e. The summed E-state index contributed by atoms with van der Waals surface area (Å²) in [6.45, 7) is 10.4. The van der Waals surface area contributed by atoms with Crippen molar-refractivity contribution in [3.63, 3.8) is 0 Å². The monoisotopic (exact) mass is 641 g/mol. The summed E-state index contributed by atoms with van der Waals surface area (Å²) >= 11 is 0. The summed E-state index contributed by atoms with van der Waals surface area (Å²) in [6.07, 6.45) is 0.757. The van der Waals surface area contributed by atoms with Gasteiger partial charge in [0.2, 0.25) is 10.0 Å². The molecule has 1 aliphatic rings. The molecular formula is C33H43N3O8S. The fourth-order valence-corrected chi connectivity index (χ4v) is 5.89. The molecule has 4 rings (SSSR count). The Morgan fingerprint density at radius 2 is 1.78 bits per heavy atom. The highest BCUT2D eigenvalue weighted by Crippen LogP contribution is 2.42. The highest BCUT2D eigenvalue weighted by molar-refractivity contribution is 7.92. The lowest BCUT2D eigenvalue weighted by atomic mass is 9.86. The van der Waals surface area contributed by atoms with Gasteiger partial charge in [-0.1, -0.05) is 51.1 Å². The minimum absolute atomic E-state index is 0.137. The molecule has 0 saturated carbocycles. The number of morpholine rings is 1. The molecule has 0 aromatic heterocycles. The first kappa shape index (κ1) is 34.0. The van der Waals surface area contributed by atoms with Crippen molar-refractivity contribution in [1.29, 1.82) is 0 Å². The van der Waals surface area contributed by atoms with Crippen LogP contribution in [0.4, 0.5) is 11.4 Å². The minimum atomic E-state index is -3.65. The number of rotatable bonds is 12. The third-order valence-electron chi connectivity index (χ3n) is 7.61. The number of aliphatic carboxylic acids is 1. The van der Waals surface area contributed by atoms with E-state index < -0.39 is 21.9 Å². The van der Waals surface area contributed by atoms with E-state index in [1.165, 1.54) is 14.2 Å². The number of carboxylic acids is 1. The van der Waals surface area contributed by atoms with Gasteiger partial charge in [0, 0.05) is 25.0 Å². The highest BCUT2D eigenvalue weighted by Gasteiger charge is 2.28. The molecule has 3 aromatic rings. The summed E-state index contributed by atoms with van der Waals surface area (Å²) in [5.74, 6) is -0.795. The lowest BCUT2D eigenvalue weighted by molar-refractivity contribution is -0.137. The number of carboxylic acid groups (broad SMARTS) is 1. The van der Waals surface area contributed by atoms with E-state index in [2.05, 4.69) is 9.62 Å². The van der Waals surface area contributed by atoms with Gasteiger partial charge in [0.25, 0.3) is 0 Å². The van der Waals surface area contributed by atoms with Crippen molar-refractivity contribution in [2.45, 2.75) is 38.5 Å². The minimum Gasteiger partial charge on any atom is -0.492 e. The maximum atomic E-state index is 12.2. The molecule has 11 nitrogen and oxygen atoms in total. The van der Waals surface area contributed by atoms with E-state index in [0.29, 0.717) is 36.8 Å². The van der Waals surface area contributed by atoms with Crippen LogP contribution < -0.4 is 14.2 Å². The number of aliphatic imine (C=N–C) groups is 1. The summed E-state index contributed by atoms with van der Waals surface area (Å²) in [5, 5.41) is 11.7. The summed E-state index contributed by atoms with van der Waals surface area (Å²) in [5.41, 5.74) is 1.65. The number of methoxy groups -OCH3 is 2. The molecule has 45 heavy (non-hydrogen) atoms. The van der Waals surface area contributed by atoms with Crippen LogP contribution in [0.1, 0.15) is 44.2 Å². The van der Waals surface area contributed by atoms with E-state index >= 15 is 0 Å². The first-order valence-corrected chi connectivity index (χ1v) is 16.7. The number of fused-ring (bicyclic) bond motifs is 1. The average Bonchev–Trinajstić information content (AvgIpc) is 2.98. The largest absolute Gasteiger partial charge is 0.492 e. The molecule has 1 unspecified atom stereocenters. The highest BCUT2D eigenvalue weighted by atomic mass is 32.2. The van der Waals surface area contributed by atoms with Gasteiger partial charge in [0.05, 0.1) is 51.7 Å². The average molecular weight is 642 g/mol. The molecule has 2 N–H and O–H groups in total. The number of benzene rings is 3. The molecular weight excluding hydrogens is 598 g/mol. The van der Waals surface area contributed by atoms with E-state index in [1.54, 1.807) is 12.1 Å². The Hall–Kier alpha value is -3.87. The topological polar surface area (TPSA) is 136 Å². The Morgan fingerprint density at radius 1 is 1.09 bits per heavy atom. The van der Waals surface area contributed by atoms with Crippen LogP contribution in [0, 0.1) is 0 Å². The molecule has 12 heteroatoms. The first-order chi connectivity index (χ1) is 21.3. The van der Waals surface area contributed by atoms with E-state index in [9.17, 15) is 18.3 Å². The molecule has 1 atom stereocenters. The van der Waals surface area contributed by atoms with Gasteiger partial charge in [-0.15, -0.1) is 0 Å². The summed E-state index contributed by atoms with van der Waals surface area (Å²) in [7, 11) is -0.786. The van der Waals surface area contributed by atoms with Gasteiger partial charge < -0.3 is 24.1 Å². The standard InChI is InChI=1S/C33H43N3O8S/c1-33(2,3)22-19-27(31(41-4)28(20-22)35-45(6,39)40)34-32(42-5)26(21-30(37)38)24-11-12-29(25-10-8-7-9-23(24)25)44-18-15-36-13-16-43-17-14-36/h7-12,19-20,26,35H,13-18,21H2,1-6H3,(H,37,38). The third kappa shape index (κ3) is 8.86. The van der Waals surface area contributed by atoms with Gasteiger partial charge in [0.15, 0.2) is 11.6 Å². The fraction of sp³-hybridized carbons (Fsp3) is 0.455. The second-order valence-corrected chi connectivity index (χ2v) is 13.8. The predicted molar refractivity (Wildman–Crippen MR) is 176 cm³/mol. The first-order valence-electron chi connectivity index (χ1n) is 14.8. The number of sulfonamides is 1. The zero-order valence-electron chi connectivity index (χ0n) is 26.8. The van der Waals surface area contributed by atoms with Crippen LogP contribution in [0.3, 0.4) is 0 Å². The summed E-state index contributed by atoms with van der Waals surface area (Å²) in [4.78, 5) is 19.3. The maximum Gasteiger partial charge on any atom is 0.304 e. The number of hydrogen-bond donors (Lipinski definition) is 2. The van der Waals surface area contributed by atoms with E-state index in [4.69, 9.17) is 23.9 Å². The number of ether oxygens (including phenoxy) is 4. The van der Waals surface area contributed by atoms with Crippen LogP contribution >= 0.6 is 0 Å². The lowest BCUT2D eigenvalue weighted by Crippen LogP contribution is -2.38.